The van der Waals surface area contributed by atoms with E-state index in [9.17, 15) is 15.3 Å². The molecule has 0 radical (unpaired) electrons. The van der Waals surface area contributed by atoms with E-state index in [0.29, 0.717) is 16.3 Å². The Morgan fingerprint density at radius 1 is 1.29 bits per heavy atom. The Hall–Kier alpha value is 0.292. The first-order valence-electron chi connectivity index (χ1n) is 4.44. The van der Waals surface area contributed by atoms with Gasteiger partial charge in [-0.3, -0.25) is 0 Å². The molecule has 6 nitrogen and oxygen atoms in total. The number of ether oxygens (including phenoxy) is 2. The Balaban J connectivity index is 2.34. The van der Waals surface area contributed by atoms with E-state index in [2.05, 4.69) is 0 Å². The molecule has 2 aliphatic rings. The average molecular weight is 220 g/mol. The zero-order chi connectivity index (χ0) is 10.6. The van der Waals surface area contributed by atoms with Gasteiger partial charge in [-0.1, -0.05) is 0 Å². The van der Waals surface area contributed by atoms with Crippen molar-refractivity contribution in [3.8, 4) is 0 Å². The van der Waals surface area contributed by atoms with Crippen LogP contribution in [0.25, 0.3) is 0 Å². The number of hydrogen-bond donors (Lipinski definition) is 4. The monoisotopic (exact) mass is 220 g/mol. The molecule has 2 bridgehead atoms. The first kappa shape index (κ1) is 10.8. The highest BCUT2D eigenvalue weighted by Gasteiger charge is 2.63. The van der Waals surface area contributed by atoms with Crippen LogP contribution in [0.2, 0.25) is 0 Å². The van der Waals surface area contributed by atoms with Crippen LogP contribution in [0, 0.1) is 0 Å². The van der Waals surface area contributed by atoms with Crippen LogP contribution in [0.15, 0.2) is 0 Å². The average Bonchev–Trinajstić information content (AvgIpc) is 2.52. The molecule has 0 amide bonds. The first-order valence-corrected chi connectivity index (χ1v) is 5.44. The van der Waals surface area contributed by atoms with Crippen LogP contribution < -0.4 is 0 Å². The lowest BCUT2D eigenvalue weighted by Crippen LogP contribution is -2.66. The summed E-state index contributed by atoms with van der Waals surface area (Å²) in [5.41, 5.74) is -1.28. The molecular weight excluding hydrogens is 207 g/mol. The lowest BCUT2D eigenvalue weighted by molar-refractivity contribution is -0.286. The highest BCUT2D eigenvalue weighted by molar-refractivity contribution is 6.14. The molecule has 4 N–H and O–H groups in total. The van der Waals surface area contributed by atoms with Crippen molar-refractivity contribution in [3.63, 3.8) is 0 Å². The van der Waals surface area contributed by atoms with Gasteiger partial charge in [0.15, 0.2) is 0 Å². The largest absolute Gasteiger partial charge is 0.393 e. The lowest BCUT2D eigenvalue weighted by atomic mass is 9.89. The van der Waals surface area contributed by atoms with E-state index in [-0.39, 0.29) is 6.61 Å². The molecule has 0 aromatic heterocycles. The van der Waals surface area contributed by atoms with E-state index in [0.717, 1.165) is 0 Å². The summed E-state index contributed by atoms with van der Waals surface area (Å²) < 4.78 is 9.36. The molecule has 7 heteroatoms. The van der Waals surface area contributed by atoms with Gasteiger partial charge in [-0.2, -0.15) is 0 Å². The maximum Gasteiger partial charge on any atom is 0.313 e. The lowest BCUT2D eigenvalue weighted by Gasteiger charge is -2.45. The number of fused-ring (bicyclic) bond motifs is 2. The third kappa shape index (κ3) is 1.19. The van der Waals surface area contributed by atoms with Gasteiger partial charge < -0.3 is 29.9 Å². The van der Waals surface area contributed by atoms with Crippen molar-refractivity contribution in [2.75, 3.05) is 13.2 Å². The van der Waals surface area contributed by atoms with Gasteiger partial charge in [-0.25, -0.2) is 0 Å². The van der Waals surface area contributed by atoms with Crippen LogP contribution >= 0.6 is 0 Å². The summed E-state index contributed by atoms with van der Waals surface area (Å²) in [6, 6.07) is 0. The summed E-state index contributed by atoms with van der Waals surface area (Å²) in [4.78, 5) is 0. The number of rotatable bonds is 1. The number of aliphatic hydroxyl groups is 4. The molecule has 2 saturated heterocycles. The summed E-state index contributed by atoms with van der Waals surface area (Å²) in [5, 5.41) is 37.9. The molecule has 5 atom stereocenters. The normalized spacial score (nSPS) is 57.6. The topological polar surface area (TPSA) is 99.4 Å². The van der Waals surface area contributed by atoms with Crippen LogP contribution in [-0.2, 0) is 9.47 Å². The molecular formula is C7H13AlO6. The molecule has 2 rings (SSSR count). The summed E-state index contributed by atoms with van der Waals surface area (Å²) in [7, 11) is 0. The van der Waals surface area contributed by atoms with Crippen LogP contribution in [0.1, 0.15) is 0 Å². The number of aliphatic hydroxyl groups excluding tert-OH is 4. The Morgan fingerprint density at radius 3 is 2.50 bits per heavy atom. The molecule has 0 unspecified atom stereocenters. The minimum atomic E-state index is -1.34. The third-order valence-corrected chi connectivity index (χ3v) is 4.08. The van der Waals surface area contributed by atoms with Crippen molar-refractivity contribution in [3.05, 3.63) is 0 Å². The Bertz CT molecular complexity index is 250. The summed E-state index contributed by atoms with van der Waals surface area (Å²) in [5.74, 6) is 0. The zero-order valence-electron chi connectivity index (χ0n) is 7.75. The zero-order valence-corrected chi connectivity index (χ0v) is 9.75. The Kier molecular flexibility index (Phi) is 2.42. The molecule has 80 valence electrons. The highest BCUT2D eigenvalue weighted by Crippen LogP contribution is 2.41. The van der Waals surface area contributed by atoms with E-state index in [1.54, 1.807) is 0 Å². The van der Waals surface area contributed by atoms with Crippen LogP contribution in [0.5, 0.6) is 0 Å². The maximum atomic E-state index is 9.64. The van der Waals surface area contributed by atoms with E-state index in [1.165, 1.54) is 0 Å². The quantitative estimate of drug-likeness (QED) is 0.338. The Labute approximate surface area is 88.5 Å². The molecule has 0 aromatic rings. The minimum Gasteiger partial charge on any atom is -0.393 e. The van der Waals surface area contributed by atoms with Gasteiger partial charge in [-0.05, 0) is 0 Å². The van der Waals surface area contributed by atoms with E-state index in [4.69, 9.17) is 14.6 Å². The summed E-state index contributed by atoms with van der Waals surface area (Å²) in [6.07, 6.45) is -3.92. The van der Waals surface area contributed by atoms with Gasteiger partial charge in [0.05, 0.1) is 13.2 Å². The van der Waals surface area contributed by atoms with Crippen molar-refractivity contribution in [1.29, 1.82) is 0 Å². The van der Waals surface area contributed by atoms with Crippen molar-refractivity contribution in [2.24, 2.45) is 0 Å². The summed E-state index contributed by atoms with van der Waals surface area (Å²) in [6.45, 7) is -0.454. The SMILES string of the molecule is OC[C@@]12CO[C@@]([AlH2])(O1)[C@H](O)[C@@H](O)[C@@H]2O. The van der Waals surface area contributed by atoms with Gasteiger partial charge in [0, 0.05) is 0 Å². The second-order valence-corrected chi connectivity index (χ2v) is 5.40. The summed E-state index contributed by atoms with van der Waals surface area (Å²) >= 11 is 0.346. The van der Waals surface area contributed by atoms with Crippen molar-refractivity contribution in [2.45, 2.75) is 28.6 Å². The standard InChI is InChI=1S/C7H11O6.Al.2H/c8-1-7-2-12-6(13-7)4(10)3(9)5(7)11;;;/h3-5,8-11H,1-2H2;;;/t3-,4-,5+,7+;;;/m1.../s1. The first-order chi connectivity index (χ1) is 6.45. The van der Waals surface area contributed by atoms with Crippen molar-refractivity contribution >= 4 is 16.3 Å². The number of hydrogen-bond acceptors (Lipinski definition) is 6. The molecule has 0 aromatic carbocycles. The molecule has 0 saturated carbocycles. The van der Waals surface area contributed by atoms with Gasteiger partial charge >= 0.3 is 16.3 Å². The van der Waals surface area contributed by atoms with Gasteiger partial charge in [-0.15, -0.1) is 0 Å². The van der Waals surface area contributed by atoms with Gasteiger partial charge in [0.25, 0.3) is 0 Å². The van der Waals surface area contributed by atoms with Gasteiger partial charge in [0.2, 0.25) is 0 Å². The maximum absolute atomic E-state index is 9.64. The highest BCUT2D eigenvalue weighted by atomic mass is 27.0. The molecule has 2 heterocycles. The molecule has 2 fully saturated rings. The molecule has 2 aliphatic heterocycles. The van der Waals surface area contributed by atoms with E-state index >= 15 is 0 Å². The second kappa shape index (κ2) is 3.14. The molecule has 0 spiro atoms. The second-order valence-electron chi connectivity index (χ2n) is 4.01. The van der Waals surface area contributed by atoms with Crippen LogP contribution in [-0.4, -0.2) is 78.5 Å². The fourth-order valence-corrected chi connectivity index (χ4v) is 2.88. The Morgan fingerprint density at radius 2 is 1.93 bits per heavy atom. The predicted molar refractivity (Wildman–Crippen MR) is 46.1 cm³/mol. The minimum absolute atomic E-state index is 0.0116. The predicted octanol–water partition coefficient (Wildman–Crippen LogP) is -3.85. The fourth-order valence-electron chi connectivity index (χ4n) is 1.98. The van der Waals surface area contributed by atoms with Crippen molar-refractivity contribution < 1.29 is 29.9 Å². The van der Waals surface area contributed by atoms with E-state index in [1.807, 2.05) is 0 Å². The van der Waals surface area contributed by atoms with Crippen molar-refractivity contribution in [1.82, 2.24) is 0 Å². The molecule has 0 aliphatic carbocycles. The smallest absolute Gasteiger partial charge is 0.313 e. The van der Waals surface area contributed by atoms with Gasteiger partial charge in [0.1, 0.15) is 28.6 Å². The molecule has 14 heavy (non-hydrogen) atoms. The van der Waals surface area contributed by atoms with Crippen LogP contribution in [0.3, 0.4) is 0 Å². The third-order valence-electron chi connectivity index (χ3n) is 3.00. The van der Waals surface area contributed by atoms with E-state index < -0.39 is 35.2 Å². The van der Waals surface area contributed by atoms with Crippen LogP contribution in [0.4, 0.5) is 0 Å². The fraction of sp³-hybridized carbons (Fsp3) is 1.00.